The van der Waals surface area contributed by atoms with Crippen LogP contribution < -0.4 is 5.32 Å². The number of methoxy groups -OCH3 is 1. The number of carbonyl (C=O) groups excluding carboxylic acids is 2. The zero-order valence-corrected chi connectivity index (χ0v) is 13.7. The molecule has 7 heteroatoms. The van der Waals surface area contributed by atoms with Gasteiger partial charge in [0.2, 0.25) is 5.91 Å². The van der Waals surface area contributed by atoms with E-state index in [0.717, 1.165) is 0 Å². The monoisotopic (exact) mass is 340 g/mol. The average molecular weight is 340 g/mol. The summed E-state index contributed by atoms with van der Waals surface area (Å²) in [7, 11) is 1.28. The number of rotatable bonds is 5. The number of nitrogens with one attached hydrogen (secondary N) is 1. The molecule has 0 radical (unpaired) electrons. The van der Waals surface area contributed by atoms with Crippen molar-refractivity contribution in [1.29, 1.82) is 0 Å². The van der Waals surface area contributed by atoms with E-state index < -0.39 is 16.8 Å². The zero-order valence-electron chi connectivity index (χ0n) is 13.7. The van der Waals surface area contributed by atoms with E-state index in [4.69, 9.17) is 0 Å². The molecule has 0 saturated carbocycles. The second-order valence-electron chi connectivity index (χ2n) is 5.11. The van der Waals surface area contributed by atoms with E-state index in [0.29, 0.717) is 22.4 Å². The third-order valence-electron chi connectivity index (χ3n) is 3.54. The quantitative estimate of drug-likeness (QED) is 0.389. The highest BCUT2D eigenvalue weighted by Gasteiger charge is 2.13. The van der Waals surface area contributed by atoms with Gasteiger partial charge in [0.25, 0.3) is 5.69 Å². The van der Waals surface area contributed by atoms with Crippen LogP contribution in [0.5, 0.6) is 0 Å². The van der Waals surface area contributed by atoms with E-state index in [1.807, 2.05) is 0 Å². The fraction of sp³-hybridized carbons (Fsp3) is 0.111. The van der Waals surface area contributed by atoms with Gasteiger partial charge in [0.15, 0.2) is 0 Å². The van der Waals surface area contributed by atoms with Crippen LogP contribution in [0.15, 0.2) is 48.5 Å². The molecule has 0 aliphatic rings. The fourth-order valence-electron chi connectivity index (χ4n) is 2.24. The highest BCUT2D eigenvalue weighted by atomic mass is 16.6. The normalized spacial score (nSPS) is 10.5. The van der Waals surface area contributed by atoms with Crippen LogP contribution in [0.25, 0.3) is 6.08 Å². The number of nitro groups is 1. The third-order valence-corrected chi connectivity index (χ3v) is 3.54. The second kappa shape index (κ2) is 7.87. The number of hydrogen-bond donors (Lipinski definition) is 1. The van der Waals surface area contributed by atoms with Gasteiger partial charge in [-0.25, -0.2) is 4.79 Å². The molecule has 0 bridgehead atoms. The number of nitrogens with zero attached hydrogens (tertiary/aromatic N) is 1. The van der Waals surface area contributed by atoms with E-state index in [-0.39, 0.29) is 5.69 Å². The Kier molecular flexibility index (Phi) is 5.62. The van der Waals surface area contributed by atoms with Crippen LogP contribution in [-0.2, 0) is 9.53 Å². The van der Waals surface area contributed by atoms with Crippen LogP contribution in [0.4, 0.5) is 11.4 Å². The summed E-state index contributed by atoms with van der Waals surface area (Å²) < 4.78 is 4.69. The number of ether oxygens (including phenoxy) is 1. The molecule has 0 atom stereocenters. The summed E-state index contributed by atoms with van der Waals surface area (Å²) in [5.74, 6) is -0.965. The topological polar surface area (TPSA) is 98.5 Å². The molecule has 0 saturated heterocycles. The van der Waals surface area contributed by atoms with Crippen molar-refractivity contribution in [3.05, 3.63) is 75.3 Å². The number of hydrogen-bond acceptors (Lipinski definition) is 5. The number of amides is 1. The summed E-state index contributed by atoms with van der Waals surface area (Å²) in [6, 6.07) is 11.0. The minimum absolute atomic E-state index is 0.0876. The van der Waals surface area contributed by atoms with Crippen LogP contribution in [0, 0.1) is 17.0 Å². The van der Waals surface area contributed by atoms with E-state index in [9.17, 15) is 19.7 Å². The van der Waals surface area contributed by atoms with Crippen molar-refractivity contribution in [2.75, 3.05) is 12.4 Å². The molecular formula is C18H16N2O5. The Hall–Kier alpha value is -3.48. The Labute approximate surface area is 144 Å². The fourth-order valence-corrected chi connectivity index (χ4v) is 2.24. The van der Waals surface area contributed by atoms with Crippen molar-refractivity contribution in [3.63, 3.8) is 0 Å². The molecule has 1 amide bonds. The van der Waals surface area contributed by atoms with Crippen molar-refractivity contribution in [1.82, 2.24) is 0 Å². The van der Waals surface area contributed by atoms with Crippen LogP contribution in [0.2, 0.25) is 0 Å². The largest absolute Gasteiger partial charge is 0.465 e. The molecule has 2 rings (SSSR count). The first-order chi connectivity index (χ1) is 11.9. The molecule has 2 aromatic rings. The number of esters is 1. The molecule has 25 heavy (non-hydrogen) atoms. The van der Waals surface area contributed by atoms with Gasteiger partial charge >= 0.3 is 5.97 Å². The predicted octanol–water partition coefficient (Wildman–Crippen LogP) is 3.34. The zero-order chi connectivity index (χ0) is 18.4. The van der Waals surface area contributed by atoms with E-state index in [2.05, 4.69) is 10.1 Å². The molecule has 128 valence electrons. The smallest absolute Gasteiger partial charge is 0.338 e. The highest BCUT2D eigenvalue weighted by Crippen LogP contribution is 2.21. The van der Waals surface area contributed by atoms with E-state index in [1.165, 1.54) is 25.3 Å². The summed E-state index contributed by atoms with van der Waals surface area (Å²) in [6.07, 6.45) is 2.57. The molecule has 0 aliphatic heterocycles. The summed E-state index contributed by atoms with van der Waals surface area (Å²) in [4.78, 5) is 34.2. The van der Waals surface area contributed by atoms with Crippen molar-refractivity contribution < 1.29 is 19.2 Å². The van der Waals surface area contributed by atoms with Gasteiger partial charge in [-0.15, -0.1) is 0 Å². The number of benzene rings is 2. The molecule has 0 heterocycles. The molecule has 7 nitrogen and oxygen atoms in total. The van der Waals surface area contributed by atoms with Crippen molar-refractivity contribution in [2.24, 2.45) is 0 Å². The van der Waals surface area contributed by atoms with Gasteiger partial charge in [0, 0.05) is 17.8 Å². The lowest BCUT2D eigenvalue weighted by atomic mass is 10.1. The van der Waals surface area contributed by atoms with Crippen LogP contribution in [0.3, 0.4) is 0 Å². The summed E-state index contributed by atoms with van der Waals surface area (Å²) in [6.45, 7) is 1.69. The summed E-state index contributed by atoms with van der Waals surface area (Å²) >= 11 is 0. The minimum atomic E-state index is -0.512. The Bertz CT molecular complexity index is 858. The van der Waals surface area contributed by atoms with Gasteiger partial charge in [0.1, 0.15) is 0 Å². The maximum Gasteiger partial charge on any atom is 0.338 e. The lowest BCUT2D eigenvalue weighted by Crippen LogP contribution is -2.11. The van der Waals surface area contributed by atoms with Crippen LogP contribution >= 0.6 is 0 Å². The number of nitro benzene ring substituents is 1. The first-order valence-corrected chi connectivity index (χ1v) is 7.34. The molecule has 0 aromatic heterocycles. The first kappa shape index (κ1) is 17.9. The molecule has 2 aromatic carbocycles. The van der Waals surface area contributed by atoms with Crippen LogP contribution in [0.1, 0.15) is 21.5 Å². The van der Waals surface area contributed by atoms with Crippen molar-refractivity contribution >= 4 is 29.3 Å². The Morgan fingerprint density at radius 3 is 2.56 bits per heavy atom. The predicted molar refractivity (Wildman–Crippen MR) is 93.3 cm³/mol. The van der Waals surface area contributed by atoms with E-state index >= 15 is 0 Å². The van der Waals surface area contributed by atoms with Gasteiger partial charge in [-0.3, -0.25) is 14.9 Å². The Morgan fingerprint density at radius 1 is 1.16 bits per heavy atom. The summed E-state index contributed by atoms with van der Waals surface area (Å²) in [5.41, 5.74) is 1.61. The molecule has 0 unspecified atom stereocenters. The molecular weight excluding hydrogens is 324 g/mol. The maximum absolute atomic E-state index is 12.1. The van der Waals surface area contributed by atoms with Gasteiger partial charge in [-0.05, 0) is 36.8 Å². The maximum atomic E-state index is 12.1. The lowest BCUT2D eigenvalue weighted by Gasteiger charge is -2.10. The lowest BCUT2D eigenvalue weighted by molar-refractivity contribution is -0.385. The van der Waals surface area contributed by atoms with Gasteiger partial charge < -0.3 is 10.1 Å². The average Bonchev–Trinajstić information content (AvgIpc) is 2.61. The highest BCUT2D eigenvalue weighted by molar-refractivity contribution is 6.03. The van der Waals surface area contributed by atoms with Crippen LogP contribution in [-0.4, -0.2) is 23.9 Å². The minimum Gasteiger partial charge on any atom is -0.465 e. The standard InChI is InChI=1S/C18H16N2O5/c1-12-14(18(22)25-2)7-5-8-15(12)19-17(21)11-10-13-6-3-4-9-16(13)20(23)24/h3-11H,1-2H3,(H,19,21)/b11-10+. The molecule has 0 aliphatic carbocycles. The number of anilines is 1. The SMILES string of the molecule is COC(=O)c1cccc(NC(=O)/C=C/c2ccccc2[N+](=O)[O-])c1C. The Morgan fingerprint density at radius 2 is 1.88 bits per heavy atom. The van der Waals surface area contributed by atoms with Gasteiger partial charge in [0.05, 0.1) is 23.2 Å². The second-order valence-corrected chi connectivity index (χ2v) is 5.11. The van der Waals surface area contributed by atoms with Gasteiger partial charge in [-0.2, -0.15) is 0 Å². The van der Waals surface area contributed by atoms with Crippen molar-refractivity contribution in [3.8, 4) is 0 Å². The van der Waals surface area contributed by atoms with E-state index in [1.54, 1.807) is 43.3 Å². The Balaban J connectivity index is 2.19. The van der Waals surface area contributed by atoms with Gasteiger partial charge in [-0.1, -0.05) is 18.2 Å². The number of para-hydroxylation sites is 1. The first-order valence-electron chi connectivity index (χ1n) is 7.34. The number of carbonyl (C=O) groups is 2. The summed E-state index contributed by atoms with van der Waals surface area (Å²) in [5, 5.41) is 13.6. The third kappa shape index (κ3) is 4.29. The van der Waals surface area contributed by atoms with Crippen molar-refractivity contribution in [2.45, 2.75) is 6.92 Å². The molecule has 1 N–H and O–H groups in total. The molecule has 0 spiro atoms. The molecule has 0 fully saturated rings.